The average molecular weight is 724 g/mol. The molecular formula is C35H32F3N5O7S. The van der Waals surface area contributed by atoms with Crippen LogP contribution < -0.4 is 14.8 Å². The summed E-state index contributed by atoms with van der Waals surface area (Å²) in [6.45, 7) is 0.0694. The zero-order valence-corrected chi connectivity index (χ0v) is 27.7. The number of rotatable bonds is 15. The quantitative estimate of drug-likeness (QED) is 0.0593. The Kier molecular flexibility index (Phi) is 11.5. The number of aliphatic imine (C=N–C) groups is 1. The molecule has 5 rings (SSSR count). The van der Waals surface area contributed by atoms with Crippen LogP contribution in [0.1, 0.15) is 35.6 Å². The second-order valence-corrected chi connectivity index (χ2v) is 13.4. The highest BCUT2D eigenvalue weighted by Crippen LogP contribution is 2.46. The van der Waals surface area contributed by atoms with E-state index in [0.29, 0.717) is 23.3 Å². The fourth-order valence-corrected chi connectivity index (χ4v) is 6.76. The Labute approximate surface area is 291 Å². The Balaban J connectivity index is 1.56. The third kappa shape index (κ3) is 9.16. The molecule has 1 aliphatic rings. The first-order valence-electron chi connectivity index (χ1n) is 15.6. The fourth-order valence-electron chi connectivity index (χ4n) is 5.38. The molecule has 266 valence electrons. The number of aliphatic hydroxyl groups excluding tert-OH is 1. The van der Waals surface area contributed by atoms with E-state index in [4.69, 9.17) is 19.6 Å². The van der Waals surface area contributed by atoms with Gasteiger partial charge in [-0.05, 0) is 59.6 Å². The third-order valence-corrected chi connectivity index (χ3v) is 9.60. The highest BCUT2D eigenvalue weighted by Gasteiger charge is 2.54. The van der Waals surface area contributed by atoms with E-state index in [1.54, 1.807) is 60.7 Å². The van der Waals surface area contributed by atoms with Crippen LogP contribution in [-0.2, 0) is 25.9 Å². The minimum Gasteiger partial charge on any atom is -0.494 e. The van der Waals surface area contributed by atoms with Gasteiger partial charge in [-0.25, -0.2) is 13.4 Å². The maximum absolute atomic E-state index is 14.5. The van der Waals surface area contributed by atoms with Crippen LogP contribution in [0.15, 0.2) is 118 Å². The Hall–Kier alpha value is -5.57. The molecule has 4 aromatic carbocycles. The molecule has 0 unspecified atom stereocenters. The van der Waals surface area contributed by atoms with Crippen molar-refractivity contribution in [1.29, 1.82) is 0 Å². The van der Waals surface area contributed by atoms with E-state index in [0.717, 1.165) is 12.1 Å². The predicted molar refractivity (Wildman–Crippen MR) is 180 cm³/mol. The number of carbonyl (C=O) groups is 1. The summed E-state index contributed by atoms with van der Waals surface area (Å²) in [7, 11) is -3.96. The Bertz CT molecular complexity index is 2010. The van der Waals surface area contributed by atoms with Gasteiger partial charge in [0.25, 0.3) is 5.91 Å². The van der Waals surface area contributed by atoms with E-state index in [-0.39, 0.29) is 48.2 Å². The van der Waals surface area contributed by atoms with Crippen molar-refractivity contribution in [2.75, 3.05) is 19.0 Å². The first-order valence-corrected chi connectivity index (χ1v) is 17.2. The molecule has 1 aliphatic heterocycles. The number of azide groups is 1. The second-order valence-electron chi connectivity index (χ2n) is 11.3. The van der Waals surface area contributed by atoms with Crippen molar-refractivity contribution in [3.63, 3.8) is 0 Å². The summed E-state index contributed by atoms with van der Waals surface area (Å²) < 4.78 is 81.1. The van der Waals surface area contributed by atoms with Crippen LogP contribution in [0.25, 0.3) is 10.4 Å². The number of nitrogens with zero attached hydrogens (tertiary/aromatic N) is 4. The van der Waals surface area contributed by atoms with Crippen molar-refractivity contribution in [3.8, 4) is 11.5 Å². The maximum Gasteiger partial charge on any atom is 0.573 e. The highest BCUT2D eigenvalue weighted by atomic mass is 32.2. The minimum absolute atomic E-state index is 0.00133. The monoisotopic (exact) mass is 723 g/mol. The molecule has 0 saturated carbocycles. The van der Waals surface area contributed by atoms with Crippen molar-refractivity contribution in [3.05, 3.63) is 130 Å². The second kappa shape index (κ2) is 16.0. The van der Waals surface area contributed by atoms with E-state index >= 15 is 0 Å². The summed E-state index contributed by atoms with van der Waals surface area (Å²) in [4.78, 5) is 22.2. The van der Waals surface area contributed by atoms with Gasteiger partial charge in [0.15, 0.2) is 21.5 Å². The van der Waals surface area contributed by atoms with Crippen LogP contribution in [0.4, 0.5) is 18.9 Å². The van der Waals surface area contributed by atoms with Gasteiger partial charge in [0, 0.05) is 47.7 Å². The van der Waals surface area contributed by atoms with Gasteiger partial charge in [-0.2, -0.15) is 0 Å². The summed E-state index contributed by atoms with van der Waals surface area (Å²) in [5.41, 5.74) is 8.60. The number of ether oxygens (including phenoxy) is 3. The zero-order valence-electron chi connectivity index (χ0n) is 26.9. The summed E-state index contributed by atoms with van der Waals surface area (Å²) >= 11 is 0. The SMILES string of the molecule is [N-]=[N+]=Nc1ccccc1[C@H]1OC(c2ccc(OCCCO)cc2)=N[C@@]1(CCS(=O)(=O)c1ccccc1)C(=O)NCc1ccc(OC(F)(F)F)cc1. The predicted octanol–water partition coefficient (Wildman–Crippen LogP) is 6.73. The number of alkyl halides is 3. The number of halogens is 3. The fraction of sp³-hybridized carbons (Fsp3) is 0.257. The summed E-state index contributed by atoms with van der Waals surface area (Å²) in [5, 5.41) is 15.6. The smallest absolute Gasteiger partial charge is 0.494 e. The van der Waals surface area contributed by atoms with Crippen LogP contribution in [-0.4, -0.2) is 56.2 Å². The van der Waals surface area contributed by atoms with Crippen molar-refractivity contribution in [2.45, 2.75) is 42.3 Å². The normalized spacial score (nSPS) is 17.1. The molecule has 0 spiro atoms. The lowest BCUT2D eigenvalue weighted by atomic mass is 9.84. The standard InChI is InChI=1S/C35H32F3N5O7S/c36-35(37,38)50-27-15-11-24(12-16-27)23-40-33(45)34(19-22-51(46,47)28-7-2-1-3-8-28)31(29-9-4-5-10-30(29)42-43-39)49-32(41-34)25-13-17-26(18-14-25)48-21-6-20-44/h1-5,7-18,31,44H,6,19-23H2,(H,40,45)/t31-,34-/m1/s1. The van der Waals surface area contributed by atoms with Crippen molar-refractivity contribution < 1.29 is 45.7 Å². The van der Waals surface area contributed by atoms with Crippen molar-refractivity contribution in [1.82, 2.24) is 5.32 Å². The summed E-state index contributed by atoms with van der Waals surface area (Å²) in [5.74, 6) is -1.23. The lowest BCUT2D eigenvalue weighted by Crippen LogP contribution is -2.49. The van der Waals surface area contributed by atoms with Gasteiger partial charge in [0.2, 0.25) is 5.90 Å². The number of hydrogen-bond acceptors (Lipinski definition) is 9. The van der Waals surface area contributed by atoms with Crippen LogP contribution in [0.3, 0.4) is 0 Å². The highest BCUT2D eigenvalue weighted by molar-refractivity contribution is 7.91. The number of hydrogen-bond donors (Lipinski definition) is 2. The van der Waals surface area contributed by atoms with Gasteiger partial charge in [0.1, 0.15) is 11.5 Å². The lowest BCUT2D eigenvalue weighted by molar-refractivity contribution is -0.274. The van der Waals surface area contributed by atoms with Gasteiger partial charge in [-0.3, -0.25) is 4.79 Å². The number of aliphatic hydroxyl groups is 1. The molecule has 0 saturated heterocycles. The molecule has 2 atom stereocenters. The zero-order chi connectivity index (χ0) is 36.5. The molecule has 2 N–H and O–H groups in total. The van der Waals surface area contributed by atoms with E-state index in [2.05, 4.69) is 20.1 Å². The molecule has 0 fully saturated rings. The molecule has 0 aromatic heterocycles. The first-order chi connectivity index (χ1) is 24.4. The molecule has 0 bridgehead atoms. The van der Waals surface area contributed by atoms with E-state index in [9.17, 15) is 31.9 Å². The Morgan fingerprint density at radius 3 is 2.31 bits per heavy atom. The van der Waals surface area contributed by atoms with Crippen molar-refractivity contribution in [2.24, 2.45) is 10.1 Å². The minimum atomic E-state index is -4.88. The number of benzene rings is 4. The lowest BCUT2D eigenvalue weighted by Gasteiger charge is -2.31. The Morgan fingerprint density at radius 2 is 1.65 bits per heavy atom. The van der Waals surface area contributed by atoms with Crippen LogP contribution in [0.5, 0.6) is 11.5 Å². The van der Waals surface area contributed by atoms with Gasteiger partial charge in [-0.1, -0.05) is 59.7 Å². The Morgan fingerprint density at radius 1 is 0.980 bits per heavy atom. The molecule has 16 heteroatoms. The maximum atomic E-state index is 14.5. The van der Waals surface area contributed by atoms with Gasteiger partial charge >= 0.3 is 6.36 Å². The summed E-state index contributed by atoms with van der Waals surface area (Å²) in [6, 6.07) is 25.5. The molecule has 0 radical (unpaired) electrons. The van der Waals surface area contributed by atoms with Crippen molar-refractivity contribution >= 4 is 27.3 Å². The largest absolute Gasteiger partial charge is 0.573 e. The molecule has 4 aromatic rings. The van der Waals surface area contributed by atoms with Gasteiger partial charge in [-0.15, -0.1) is 13.2 Å². The summed E-state index contributed by atoms with van der Waals surface area (Å²) in [6.07, 6.45) is -6.12. The molecule has 12 nitrogen and oxygen atoms in total. The number of carbonyl (C=O) groups excluding carboxylic acids is 1. The topological polar surface area (TPSA) is 172 Å². The van der Waals surface area contributed by atoms with E-state index in [1.165, 1.54) is 30.3 Å². The van der Waals surface area contributed by atoms with Crippen LogP contribution in [0.2, 0.25) is 0 Å². The molecule has 1 amide bonds. The molecule has 1 heterocycles. The first kappa shape index (κ1) is 36.7. The average Bonchev–Trinajstić information content (AvgIpc) is 3.52. The number of amides is 1. The van der Waals surface area contributed by atoms with Gasteiger partial charge < -0.3 is 24.6 Å². The third-order valence-electron chi connectivity index (χ3n) is 7.87. The number of sulfone groups is 1. The van der Waals surface area contributed by atoms with Gasteiger partial charge in [0.05, 0.1) is 17.3 Å². The van der Waals surface area contributed by atoms with Crippen LogP contribution in [0, 0.1) is 0 Å². The van der Waals surface area contributed by atoms with E-state index in [1.807, 2.05) is 0 Å². The number of nitrogens with one attached hydrogen (secondary N) is 1. The molecule has 0 aliphatic carbocycles. The molecular weight excluding hydrogens is 691 g/mol. The molecule has 51 heavy (non-hydrogen) atoms. The van der Waals surface area contributed by atoms with E-state index < -0.39 is 45.3 Å². The van der Waals surface area contributed by atoms with Crippen LogP contribution >= 0.6 is 0 Å².